The Morgan fingerprint density at radius 2 is 1.88 bits per heavy atom. The highest BCUT2D eigenvalue weighted by Crippen LogP contribution is 2.36. The number of nitrogens with two attached hydrogens (primary N) is 1. The van der Waals surface area contributed by atoms with Crippen LogP contribution in [0.4, 0.5) is 11.4 Å². The standard InChI is InChI=1S/C24H23N3O4S/c1-4-31-16-7-5-6-15(13-16)26-23(28)22-21(25)17-9-10-18(27-24(17)32-22)14-8-11-19(29-2)20(12-14)30-3/h5-13H,4,25H2,1-3H3,(H,26,28). The number of amides is 1. The highest BCUT2D eigenvalue weighted by molar-refractivity contribution is 7.21. The van der Waals surface area contributed by atoms with Gasteiger partial charge in [0, 0.05) is 22.7 Å². The third kappa shape index (κ3) is 4.17. The first-order valence-corrected chi connectivity index (χ1v) is 10.8. The SMILES string of the molecule is CCOc1cccc(NC(=O)c2sc3nc(-c4ccc(OC)c(OC)c4)ccc3c2N)c1. The van der Waals surface area contributed by atoms with Crippen LogP contribution in [0.5, 0.6) is 17.2 Å². The lowest BCUT2D eigenvalue weighted by atomic mass is 10.1. The maximum absolute atomic E-state index is 12.9. The first-order valence-electron chi connectivity index (χ1n) is 9.99. The molecule has 0 aliphatic carbocycles. The van der Waals surface area contributed by atoms with E-state index in [9.17, 15) is 4.79 Å². The van der Waals surface area contributed by atoms with Crippen LogP contribution >= 0.6 is 11.3 Å². The molecule has 0 saturated carbocycles. The summed E-state index contributed by atoms with van der Waals surface area (Å²) in [4.78, 5) is 18.7. The van der Waals surface area contributed by atoms with Gasteiger partial charge in [0.2, 0.25) is 0 Å². The summed E-state index contributed by atoms with van der Waals surface area (Å²) in [7, 11) is 3.18. The van der Waals surface area contributed by atoms with Crippen molar-refractivity contribution >= 4 is 38.8 Å². The van der Waals surface area contributed by atoms with Crippen molar-refractivity contribution in [3.05, 3.63) is 59.5 Å². The normalized spacial score (nSPS) is 10.7. The van der Waals surface area contributed by atoms with Gasteiger partial charge in [-0.05, 0) is 49.4 Å². The zero-order chi connectivity index (χ0) is 22.7. The van der Waals surface area contributed by atoms with E-state index in [0.29, 0.717) is 44.9 Å². The van der Waals surface area contributed by atoms with Gasteiger partial charge in [0.1, 0.15) is 15.5 Å². The van der Waals surface area contributed by atoms with Crippen LogP contribution in [0.3, 0.4) is 0 Å². The van der Waals surface area contributed by atoms with Gasteiger partial charge in [-0.25, -0.2) is 4.98 Å². The molecule has 0 atom stereocenters. The predicted molar refractivity (Wildman–Crippen MR) is 128 cm³/mol. The van der Waals surface area contributed by atoms with Crippen molar-refractivity contribution in [2.75, 3.05) is 31.9 Å². The predicted octanol–water partition coefficient (Wildman–Crippen LogP) is 5.21. The Morgan fingerprint density at radius 1 is 1.06 bits per heavy atom. The minimum absolute atomic E-state index is 0.285. The average molecular weight is 450 g/mol. The first kappa shape index (κ1) is 21.5. The highest BCUT2D eigenvalue weighted by atomic mass is 32.1. The van der Waals surface area contributed by atoms with Gasteiger partial charge in [0.05, 0.1) is 32.2 Å². The molecule has 3 N–H and O–H groups in total. The maximum Gasteiger partial charge on any atom is 0.267 e. The van der Waals surface area contributed by atoms with Crippen molar-refractivity contribution in [2.45, 2.75) is 6.92 Å². The number of fused-ring (bicyclic) bond motifs is 1. The molecule has 4 rings (SSSR count). The summed E-state index contributed by atoms with van der Waals surface area (Å²) in [6, 6.07) is 16.6. The lowest BCUT2D eigenvalue weighted by molar-refractivity contribution is 0.103. The van der Waals surface area contributed by atoms with E-state index in [4.69, 9.17) is 24.9 Å². The van der Waals surface area contributed by atoms with E-state index >= 15 is 0 Å². The number of ether oxygens (including phenoxy) is 3. The molecule has 2 aromatic carbocycles. The minimum Gasteiger partial charge on any atom is -0.494 e. The molecule has 0 aliphatic rings. The fourth-order valence-corrected chi connectivity index (χ4v) is 4.33. The van der Waals surface area contributed by atoms with Gasteiger partial charge < -0.3 is 25.3 Å². The van der Waals surface area contributed by atoms with Gasteiger partial charge in [0.15, 0.2) is 11.5 Å². The van der Waals surface area contributed by atoms with Gasteiger partial charge in [-0.15, -0.1) is 11.3 Å². The topological polar surface area (TPSA) is 95.7 Å². The molecule has 0 spiro atoms. The third-order valence-corrected chi connectivity index (χ3v) is 6.00. The zero-order valence-corrected chi connectivity index (χ0v) is 18.8. The number of pyridine rings is 1. The van der Waals surface area contributed by atoms with Crippen LogP contribution in [0, 0.1) is 0 Å². The number of aromatic nitrogens is 1. The molecule has 0 radical (unpaired) electrons. The molecule has 0 saturated heterocycles. The van der Waals surface area contributed by atoms with Gasteiger partial charge in [-0.3, -0.25) is 4.79 Å². The zero-order valence-electron chi connectivity index (χ0n) is 18.0. The van der Waals surface area contributed by atoms with Crippen molar-refractivity contribution in [1.82, 2.24) is 4.98 Å². The molecule has 2 heterocycles. The summed E-state index contributed by atoms with van der Waals surface area (Å²) in [6.07, 6.45) is 0. The number of thiophene rings is 1. The number of benzene rings is 2. The number of hydrogen-bond donors (Lipinski definition) is 2. The van der Waals surface area contributed by atoms with E-state index in [0.717, 1.165) is 16.6 Å². The molecular formula is C24H23N3O4S. The minimum atomic E-state index is -0.285. The molecule has 164 valence electrons. The number of nitrogens with zero attached hydrogens (tertiary/aromatic N) is 1. The third-order valence-electron chi connectivity index (χ3n) is 4.88. The first-order chi connectivity index (χ1) is 15.5. The van der Waals surface area contributed by atoms with Crippen LogP contribution in [-0.2, 0) is 0 Å². The Balaban J connectivity index is 1.64. The van der Waals surface area contributed by atoms with Crippen molar-refractivity contribution in [2.24, 2.45) is 0 Å². The second-order valence-electron chi connectivity index (χ2n) is 6.88. The smallest absolute Gasteiger partial charge is 0.267 e. The molecular weight excluding hydrogens is 426 g/mol. The van der Waals surface area contributed by atoms with Crippen LogP contribution in [0.15, 0.2) is 54.6 Å². The molecule has 32 heavy (non-hydrogen) atoms. The largest absolute Gasteiger partial charge is 0.494 e. The lowest BCUT2D eigenvalue weighted by Gasteiger charge is -2.09. The molecule has 0 fully saturated rings. The number of nitrogen functional groups attached to an aromatic ring is 1. The molecule has 4 aromatic rings. The van der Waals surface area contributed by atoms with Crippen LogP contribution in [0.2, 0.25) is 0 Å². The molecule has 0 bridgehead atoms. The second kappa shape index (κ2) is 9.15. The number of carbonyl (C=O) groups is 1. The van der Waals surface area contributed by atoms with Crippen LogP contribution in [0.25, 0.3) is 21.5 Å². The fourth-order valence-electron chi connectivity index (χ4n) is 3.34. The molecule has 7 nitrogen and oxygen atoms in total. The summed E-state index contributed by atoms with van der Waals surface area (Å²) in [5.41, 5.74) is 8.96. The quantitative estimate of drug-likeness (QED) is 0.402. The molecule has 0 aliphatic heterocycles. The Bertz CT molecular complexity index is 1290. The van der Waals surface area contributed by atoms with E-state index in [1.54, 1.807) is 26.4 Å². The van der Waals surface area contributed by atoms with Crippen LogP contribution in [0.1, 0.15) is 16.6 Å². The number of methoxy groups -OCH3 is 2. The summed E-state index contributed by atoms with van der Waals surface area (Å²) in [5.74, 6) is 1.67. The fraction of sp³-hybridized carbons (Fsp3) is 0.167. The number of carbonyl (C=O) groups excluding carboxylic acids is 1. The Morgan fingerprint density at radius 3 is 2.62 bits per heavy atom. The van der Waals surface area contributed by atoms with E-state index in [1.807, 2.05) is 49.4 Å². The average Bonchev–Trinajstić information content (AvgIpc) is 3.15. The Labute approximate surface area is 189 Å². The van der Waals surface area contributed by atoms with Gasteiger partial charge in [-0.2, -0.15) is 0 Å². The van der Waals surface area contributed by atoms with E-state index in [-0.39, 0.29) is 5.91 Å². The molecule has 1 amide bonds. The summed E-state index contributed by atoms with van der Waals surface area (Å²) in [5, 5.41) is 3.63. The van der Waals surface area contributed by atoms with Crippen molar-refractivity contribution < 1.29 is 19.0 Å². The molecule has 2 aromatic heterocycles. The van der Waals surface area contributed by atoms with Crippen molar-refractivity contribution in [3.63, 3.8) is 0 Å². The highest BCUT2D eigenvalue weighted by Gasteiger charge is 2.18. The summed E-state index contributed by atoms with van der Waals surface area (Å²) < 4.78 is 16.2. The van der Waals surface area contributed by atoms with Gasteiger partial charge in [-0.1, -0.05) is 6.07 Å². The van der Waals surface area contributed by atoms with Crippen LogP contribution < -0.4 is 25.3 Å². The van der Waals surface area contributed by atoms with Crippen molar-refractivity contribution in [3.8, 4) is 28.5 Å². The van der Waals surface area contributed by atoms with Gasteiger partial charge in [0.25, 0.3) is 5.91 Å². The summed E-state index contributed by atoms with van der Waals surface area (Å²) >= 11 is 1.26. The lowest BCUT2D eigenvalue weighted by Crippen LogP contribution is -2.12. The van der Waals surface area contributed by atoms with Crippen molar-refractivity contribution in [1.29, 1.82) is 0 Å². The monoisotopic (exact) mass is 449 g/mol. The van der Waals surface area contributed by atoms with E-state index < -0.39 is 0 Å². The second-order valence-corrected chi connectivity index (χ2v) is 7.88. The Kier molecular flexibility index (Phi) is 6.13. The molecule has 0 unspecified atom stereocenters. The number of nitrogens with one attached hydrogen (secondary N) is 1. The van der Waals surface area contributed by atoms with Crippen LogP contribution in [-0.4, -0.2) is 31.7 Å². The maximum atomic E-state index is 12.9. The van der Waals surface area contributed by atoms with E-state index in [1.165, 1.54) is 11.3 Å². The molecule has 8 heteroatoms. The number of anilines is 2. The number of rotatable bonds is 7. The van der Waals surface area contributed by atoms with Gasteiger partial charge >= 0.3 is 0 Å². The Hall–Kier alpha value is -3.78. The summed E-state index contributed by atoms with van der Waals surface area (Å²) in [6.45, 7) is 2.46. The van der Waals surface area contributed by atoms with E-state index in [2.05, 4.69) is 5.32 Å². The number of hydrogen-bond acceptors (Lipinski definition) is 7.